The summed E-state index contributed by atoms with van der Waals surface area (Å²) in [5, 5.41) is 9.95. The molecule has 1 fully saturated rings. The van der Waals surface area contributed by atoms with E-state index in [4.69, 9.17) is 4.74 Å². The van der Waals surface area contributed by atoms with Crippen LogP contribution in [0.5, 0.6) is 5.75 Å². The van der Waals surface area contributed by atoms with Crippen molar-refractivity contribution in [1.82, 2.24) is 9.88 Å². The number of likely N-dealkylation sites (tertiary alicyclic amines) is 1. The Morgan fingerprint density at radius 3 is 3.04 bits per heavy atom. The molecule has 0 unspecified atom stereocenters. The van der Waals surface area contributed by atoms with Crippen molar-refractivity contribution in [2.24, 2.45) is 5.41 Å². The number of fused-ring (bicyclic) bond motifs is 3. The van der Waals surface area contributed by atoms with Crippen molar-refractivity contribution in [1.29, 1.82) is 0 Å². The quantitative estimate of drug-likeness (QED) is 0.939. The number of aromatic nitrogens is 1. The molecule has 0 bridgehead atoms. The van der Waals surface area contributed by atoms with E-state index in [9.17, 15) is 9.90 Å². The number of carboxylic acids is 1. The van der Waals surface area contributed by atoms with Crippen LogP contribution >= 0.6 is 0 Å². The number of aliphatic carboxylic acids is 1. The molecule has 2 atom stereocenters. The van der Waals surface area contributed by atoms with E-state index in [1.54, 1.807) is 6.20 Å². The Labute approximate surface area is 140 Å². The molecule has 5 heteroatoms. The van der Waals surface area contributed by atoms with E-state index in [1.165, 1.54) is 5.56 Å². The number of nitrogens with zero attached hydrogens (tertiary/aromatic N) is 2. The van der Waals surface area contributed by atoms with Crippen LogP contribution < -0.4 is 4.74 Å². The van der Waals surface area contributed by atoms with Crippen LogP contribution in [0.25, 0.3) is 0 Å². The zero-order valence-corrected chi connectivity index (χ0v) is 13.6. The number of aryl methyl sites for hydroxylation is 1. The summed E-state index contributed by atoms with van der Waals surface area (Å²) in [6.45, 7) is 4.24. The summed E-state index contributed by atoms with van der Waals surface area (Å²) in [5.74, 6) is 0.0133. The van der Waals surface area contributed by atoms with E-state index >= 15 is 0 Å². The summed E-state index contributed by atoms with van der Waals surface area (Å²) >= 11 is 0. The zero-order valence-electron chi connectivity index (χ0n) is 13.6. The molecule has 0 radical (unpaired) electrons. The normalized spacial score (nSPS) is 25.6. The van der Waals surface area contributed by atoms with E-state index in [0.717, 1.165) is 30.0 Å². The highest BCUT2D eigenvalue weighted by Crippen LogP contribution is 2.49. The van der Waals surface area contributed by atoms with Crippen LogP contribution in [0, 0.1) is 12.3 Å². The average Bonchev–Trinajstić information content (AvgIpc) is 2.97. The van der Waals surface area contributed by atoms with Crippen molar-refractivity contribution in [2.75, 3.05) is 19.7 Å². The first kappa shape index (κ1) is 15.1. The molecule has 0 amide bonds. The second-order valence-electron chi connectivity index (χ2n) is 6.81. The predicted octanol–water partition coefficient (Wildman–Crippen LogP) is 2.45. The number of pyridine rings is 1. The first-order chi connectivity index (χ1) is 11.6. The minimum atomic E-state index is -0.866. The third kappa shape index (κ3) is 2.27. The standard InChI is InChI=1S/C19H20N2O3/c1-13-8-20-7-6-14(13)9-21-10-16-15-4-2-3-5-17(15)24-12-19(16,11-21)18(22)23/h2-8,16H,9-12H2,1H3,(H,22,23)/t16-,19-/m1/s1. The number of carboxylic acid groups (broad SMARTS) is 1. The summed E-state index contributed by atoms with van der Waals surface area (Å²) in [7, 11) is 0. The fourth-order valence-corrected chi connectivity index (χ4v) is 3.97. The van der Waals surface area contributed by atoms with Crippen LogP contribution in [0.2, 0.25) is 0 Å². The van der Waals surface area contributed by atoms with Gasteiger partial charge >= 0.3 is 5.97 Å². The minimum Gasteiger partial charge on any atom is -0.492 e. The van der Waals surface area contributed by atoms with E-state index in [0.29, 0.717) is 6.54 Å². The smallest absolute Gasteiger partial charge is 0.315 e. The monoisotopic (exact) mass is 324 g/mol. The van der Waals surface area contributed by atoms with Gasteiger partial charge in [0.1, 0.15) is 17.8 Å². The maximum absolute atomic E-state index is 12.1. The van der Waals surface area contributed by atoms with Gasteiger partial charge in [0.15, 0.2) is 0 Å². The number of hydrogen-bond donors (Lipinski definition) is 1. The summed E-state index contributed by atoms with van der Waals surface area (Å²) in [5.41, 5.74) is 2.47. The third-order valence-electron chi connectivity index (χ3n) is 5.35. The van der Waals surface area contributed by atoms with Gasteiger partial charge in [0.2, 0.25) is 0 Å². The zero-order chi connectivity index (χ0) is 16.7. The molecule has 0 spiro atoms. The fourth-order valence-electron chi connectivity index (χ4n) is 3.97. The highest BCUT2D eigenvalue weighted by atomic mass is 16.5. The Hall–Kier alpha value is -2.40. The van der Waals surface area contributed by atoms with E-state index in [1.807, 2.05) is 43.5 Å². The molecule has 1 aromatic heterocycles. The van der Waals surface area contributed by atoms with Crippen LogP contribution in [0.15, 0.2) is 42.7 Å². The topological polar surface area (TPSA) is 62.7 Å². The highest BCUT2D eigenvalue weighted by molar-refractivity contribution is 5.78. The van der Waals surface area contributed by atoms with Gasteiger partial charge in [-0.3, -0.25) is 14.7 Å². The van der Waals surface area contributed by atoms with Gasteiger partial charge in [-0.05, 0) is 35.7 Å². The van der Waals surface area contributed by atoms with E-state index < -0.39 is 11.4 Å². The maximum atomic E-state index is 12.1. The van der Waals surface area contributed by atoms with Gasteiger partial charge in [-0.25, -0.2) is 0 Å². The molecular weight excluding hydrogens is 304 g/mol. The lowest BCUT2D eigenvalue weighted by molar-refractivity contribution is -0.151. The molecule has 5 nitrogen and oxygen atoms in total. The molecule has 1 saturated heterocycles. The first-order valence-electron chi connectivity index (χ1n) is 8.17. The van der Waals surface area contributed by atoms with Crippen LogP contribution in [0.4, 0.5) is 0 Å². The average molecular weight is 324 g/mol. The maximum Gasteiger partial charge on any atom is 0.315 e. The Balaban J connectivity index is 1.67. The van der Waals surface area contributed by atoms with Gasteiger partial charge < -0.3 is 9.84 Å². The molecule has 2 aliphatic rings. The van der Waals surface area contributed by atoms with E-state index in [2.05, 4.69) is 9.88 Å². The van der Waals surface area contributed by atoms with Crippen LogP contribution in [-0.2, 0) is 11.3 Å². The Morgan fingerprint density at radius 2 is 2.25 bits per heavy atom. The van der Waals surface area contributed by atoms with Crippen LogP contribution in [0.3, 0.4) is 0 Å². The van der Waals surface area contributed by atoms with Crippen LogP contribution in [0.1, 0.15) is 22.6 Å². The van der Waals surface area contributed by atoms with E-state index in [-0.39, 0.29) is 12.5 Å². The second-order valence-corrected chi connectivity index (χ2v) is 6.81. The van der Waals surface area contributed by atoms with Gasteiger partial charge in [0, 0.05) is 37.9 Å². The largest absolute Gasteiger partial charge is 0.492 e. The number of para-hydroxylation sites is 1. The predicted molar refractivity (Wildman–Crippen MR) is 89.0 cm³/mol. The van der Waals surface area contributed by atoms with Gasteiger partial charge in [0.25, 0.3) is 0 Å². The number of ether oxygens (including phenoxy) is 1. The lowest BCUT2D eigenvalue weighted by Gasteiger charge is -2.35. The molecular formula is C19H20N2O3. The molecule has 3 heterocycles. The van der Waals surface area contributed by atoms with Crippen molar-refractivity contribution in [2.45, 2.75) is 19.4 Å². The van der Waals surface area contributed by atoms with Crippen LogP contribution in [-0.4, -0.2) is 40.7 Å². The van der Waals surface area contributed by atoms with Crippen molar-refractivity contribution in [3.63, 3.8) is 0 Å². The van der Waals surface area contributed by atoms with Gasteiger partial charge in [-0.15, -0.1) is 0 Å². The lowest BCUT2D eigenvalue weighted by atomic mass is 9.73. The third-order valence-corrected chi connectivity index (χ3v) is 5.35. The number of benzene rings is 1. The molecule has 1 N–H and O–H groups in total. The SMILES string of the molecule is Cc1cnccc1CN1C[C@@H]2c3ccccc3OC[C@]2(C(=O)O)C1. The molecule has 24 heavy (non-hydrogen) atoms. The highest BCUT2D eigenvalue weighted by Gasteiger charge is 2.56. The Kier molecular flexibility index (Phi) is 3.53. The minimum absolute atomic E-state index is 0.0397. The Morgan fingerprint density at radius 1 is 1.42 bits per heavy atom. The number of rotatable bonds is 3. The summed E-state index contributed by atoms with van der Waals surface area (Å²) in [4.78, 5) is 18.5. The van der Waals surface area contributed by atoms with Gasteiger partial charge in [-0.1, -0.05) is 18.2 Å². The molecule has 2 aromatic rings. The van der Waals surface area contributed by atoms with Crippen molar-refractivity contribution >= 4 is 5.97 Å². The van der Waals surface area contributed by atoms with Crippen molar-refractivity contribution < 1.29 is 14.6 Å². The molecule has 2 aliphatic heterocycles. The summed E-state index contributed by atoms with van der Waals surface area (Å²) < 4.78 is 5.81. The Bertz CT molecular complexity index is 792. The van der Waals surface area contributed by atoms with Gasteiger partial charge in [-0.2, -0.15) is 0 Å². The number of hydrogen-bond acceptors (Lipinski definition) is 4. The fraction of sp³-hybridized carbons (Fsp3) is 0.368. The van der Waals surface area contributed by atoms with Gasteiger partial charge in [0.05, 0.1) is 0 Å². The molecule has 124 valence electrons. The molecule has 0 aliphatic carbocycles. The second kappa shape index (κ2) is 5.60. The van der Waals surface area contributed by atoms with Crippen molar-refractivity contribution in [3.05, 3.63) is 59.4 Å². The molecule has 0 saturated carbocycles. The molecule has 4 rings (SSSR count). The molecule has 1 aromatic carbocycles. The number of carbonyl (C=O) groups is 1. The summed E-state index contributed by atoms with van der Waals surface area (Å²) in [6.07, 6.45) is 3.64. The lowest BCUT2D eigenvalue weighted by Crippen LogP contribution is -2.45. The first-order valence-corrected chi connectivity index (χ1v) is 8.17. The van der Waals surface area contributed by atoms with Crippen molar-refractivity contribution in [3.8, 4) is 5.75 Å². The summed E-state index contributed by atoms with van der Waals surface area (Å²) in [6, 6.07) is 9.82.